The summed E-state index contributed by atoms with van der Waals surface area (Å²) in [5, 5.41) is 2.80. The van der Waals surface area contributed by atoms with Gasteiger partial charge in [-0.05, 0) is 43.4 Å². The lowest BCUT2D eigenvalue weighted by atomic mass is 9.99. The van der Waals surface area contributed by atoms with E-state index in [4.69, 9.17) is 10.7 Å². The Morgan fingerprint density at radius 3 is 2.25 bits per heavy atom. The van der Waals surface area contributed by atoms with Crippen LogP contribution in [0.5, 0.6) is 0 Å². The van der Waals surface area contributed by atoms with E-state index in [9.17, 15) is 13.2 Å². The van der Waals surface area contributed by atoms with E-state index in [0.717, 1.165) is 5.56 Å². The topological polar surface area (TPSA) is 63.2 Å². The number of benzene rings is 1. The van der Waals surface area contributed by atoms with Crippen LogP contribution in [0.2, 0.25) is 0 Å². The molecule has 112 valence electrons. The molecule has 0 saturated carbocycles. The van der Waals surface area contributed by atoms with Crippen LogP contribution < -0.4 is 5.32 Å². The first-order valence-electron chi connectivity index (χ1n) is 6.39. The minimum absolute atomic E-state index is 0.0273. The Labute approximate surface area is 124 Å². The van der Waals surface area contributed by atoms with Gasteiger partial charge in [0.1, 0.15) is 0 Å². The maximum Gasteiger partial charge on any atom is 0.261 e. The van der Waals surface area contributed by atoms with E-state index in [0.29, 0.717) is 29.2 Å². The summed E-state index contributed by atoms with van der Waals surface area (Å²) in [5.74, 6) is 0.0523. The molecule has 1 aromatic rings. The lowest BCUT2D eigenvalue weighted by Gasteiger charge is -2.16. The molecule has 0 fully saturated rings. The largest absolute Gasteiger partial charge is 0.352 e. The summed E-state index contributed by atoms with van der Waals surface area (Å²) in [7, 11) is 1.59. The molecule has 0 aliphatic heterocycles. The minimum Gasteiger partial charge on any atom is -0.352 e. The van der Waals surface area contributed by atoms with E-state index < -0.39 is 9.05 Å². The molecular weight excluding hydrogens is 298 g/mol. The van der Waals surface area contributed by atoms with E-state index in [2.05, 4.69) is 5.32 Å². The van der Waals surface area contributed by atoms with Gasteiger partial charge in [0.15, 0.2) is 0 Å². The third-order valence-electron chi connectivity index (χ3n) is 3.04. The van der Waals surface area contributed by atoms with Crippen LogP contribution in [0.3, 0.4) is 0 Å². The molecule has 0 saturated heterocycles. The summed E-state index contributed by atoms with van der Waals surface area (Å²) in [6.45, 7) is 9.58. The summed E-state index contributed by atoms with van der Waals surface area (Å²) < 4.78 is 23.3. The van der Waals surface area contributed by atoms with Gasteiger partial charge < -0.3 is 5.32 Å². The SMILES string of the molecule is Cc1cc(C)c(S(=O)(=O)Cl)c(C)c1C(=O)NCC(C)C. The fourth-order valence-corrected chi connectivity index (χ4v) is 3.90. The van der Waals surface area contributed by atoms with Crippen molar-refractivity contribution >= 4 is 25.6 Å². The fourth-order valence-electron chi connectivity index (χ4n) is 2.28. The molecule has 20 heavy (non-hydrogen) atoms. The molecular formula is C14H20ClNO3S. The van der Waals surface area contributed by atoms with Crippen LogP contribution in [0, 0.1) is 26.7 Å². The molecule has 0 radical (unpaired) electrons. The Morgan fingerprint density at radius 2 is 1.80 bits per heavy atom. The van der Waals surface area contributed by atoms with Crippen molar-refractivity contribution in [2.75, 3.05) is 6.54 Å². The number of halogens is 1. The number of hydrogen-bond acceptors (Lipinski definition) is 3. The average Bonchev–Trinajstić information content (AvgIpc) is 2.23. The van der Waals surface area contributed by atoms with Crippen LogP contribution in [0.25, 0.3) is 0 Å². The third kappa shape index (κ3) is 3.73. The maximum atomic E-state index is 12.2. The van der Waals surface area contributed by atoms with E-state index in [-0.39, 0.29) is 10.8 Å². The Kier molecular flexibility index (Phi) is 5.21. The van der Waals surface area contributed by atoms with Crippen molar-refractivity contribution in [1.82, 2.24) is 5.32 Å². The zero-order chi connectivity index (χ0) is 15.7. The molecule has 0 heterocycles. The van der Waals surface area contributed by atoms with E-state index in [1.54, 1.807) is 26.8 Å². The molecule has 0 spiro atoms. The minimum atomic E-state index is -3.88. The molecule has 1 N–H and O–H groups in total. The number of carbonyl (C=O) groups excluding carboxylic acids is 1. The second kappa shape index (κ2) is 6.14. The lowest BCUT2D eigenvalue weighted by molar-refractivity contribution is 0.0947. The second-order valence-electron chi connectivity index (χ2n) is 5.38. The normalized spacial score (nSPS) is 11.8. The van der Waals surface area contributed by atoms with Crippen molar-refractivity contribution < 1.29 is 13.2 Å². The van der Waals surface area contributed by atoms with Gasteiger partial charge in [0, 0.05) is 22.8 Å². The van der Waals surface area contributed by atoms with Crippen LogP contribution in [-0.4, -0.2) is 20.9 Å². The smallest absolute Gasteiger partial charge is 0.261 e. The van der Waals surface area contributed by atoms with Crippen molar-refractivity contribution in [3.63, 3.8) is 0 Å². The maximum absolute atomic E-state index is 12.2. The first-order valence-corrected chi connectivity index (χ1v) is 8.70. The monoisotopic (exact) mass is 317 g/mol. The summed E-state index contributed by atoms with van der Waals surface area (Å²) >= 11 is 0. The highest BCUT2D eigenvalue weighted by molar-refractivity contribution is 8.13. The molecule has 6 heteroatoms. The summed E-state index contributed by atoms with van der Waals surface area (Å²) in [6.07, 6.45) is 0. The highest BCUT2D eigenvalue weighted by Gasteiger charge is 2.23. The van der Waals surface area contributed by atoms with Crippen LogP contribution in [0.15, 0.2) is 11.0 Å². The van der Waals surface area contributed by atoms with Crippen molar-refractivity contribution in [2.45, 2.75) is 39.5 Å². The molecule has 0 aliphatic carbocycles. The summed E-state index contributed by atoms with van der Waals surface area (Å²) in [4.78, 5) is 12.3. The highest BCUT2D eigenvalue weighted by atomic mass is 35.7. The molecule has 0 aliphatic rings. The zero-order valence-electron chi connectivity index (χ0n) is 12.4. The number of rotatable bonds is 4. The van der Waals surface area contributed by atoms with Crippen LogP contribution in [0.4, 0.5) is 0 Å². The first-order chi connectivity index (χ1) is 9.05. The van der Waals surface area contributed by atoms with Gasteiger partial charge in [-0.15, -0.1) is 0 Å². The van der Waals surface area contributed by atoms with Crippen LogP contribution in [0.1, 0.15) is 40.9 Å². The molecule has 1 rings (SSSR count). The van der Waals surface area contributed by atoms with E-state index in [1.807, 2.05) is 13.8 Å². The summed E-state index contributed by atoms with van der Waals surface area (Å²) in [5.41, 5.74) is 2.08. The molecule has 0 atom stereocenters. The molecule has 4 nitrogen and oxygen atoms in total. The molecule has 1 amide bonds. The quantitative estimate of drug-likeness (QED) is 0.868. The predicted molar refractivity (Wildman–Crippen MR) is 80.9 cm³/mol. The van der Waals surface area contributed by atoms with Gasteiger partial charge in [0.05, 0.1) is 4.90 Å². The van der Waals surface area contributed by atoms with Crippen molar-refractivity contribution in [1.29, 1.82) is 0 Å². The van der Waals surface area contributed by atoms with Gasteiger partial charge in [0.25, 0.3) is 15.0 Å². The van der Waals surface area contributed by atoms with Crippen molar-refractivity contribution in [2.24, 2.45) is 5.92 Å². The number of amides is 1. The molecule has 1 aromatic carbocycles. The van der Waals surface area contributed by atoms with Crippen molar-refractivity contribution in [3.05, 3.63) is 28.3 Å². The van der Waals surface area contributed by atoms with Gasteiger partial charge in [-0.2, -0.15) is 0 Å². The van der Waals surface area contributed by atoms with Gasteiger partial charge in [-0.25, -0.2) is 8.42 Å². The second-order valence-corrected chi connectivity index (χ2v) is 7.88. The first kappa shape index (κ1) is 17.0. The van der Waals surface area contributed by atoms with Gasteiger partial charge in [-0.3, -0.25) is 4.79 Å². The molecule has 0 bridgehead atoms. The Morgan fingerprint density at radius 1 is 1.25 bits per heavy atom. The van der Waals surface area contributed by atoms with E-state index >= 15 is 0 Å². The Hall–Kier alpha value is -1.07. The van der Waals surface area contributed by atoms with E-state index in [1.165, 1.54) is 0 Å². The number of carbonyl (C=O) groups is 1. The average molecular weight is 318 g/mol. The van der Waals surface area contributed by atoms with Crippen molar-refractivity contribution in [3.8, 4) is 0 Å². The Bertz CT molecular complexity index is 636. The van der Waals surface area contributed by atoms with Gasteiger partial charge in [-0.1, -0.05) is 19.9 Å². The number of hydrogen-bond donors (Lipinski definition) is 1. The third-order valence-corrected chi connectivity index (χ3v) is 4.62. The molecule has 0 aromatic heterocycles. The van der Waals surface area contributed by atoms with Gasteiger partial charge >= 0.3 is 0 Å². The standard InChI is InChI=1S/C14H20ClNO3S/c1-8(2)7-16-14(17)12-9(3)6-10(4)13(11(12)5)20(15,18)19/h6,8H,7H2,1-5H3,(H,16,17). The van der Waals surface area contributed by atoms with Crippen LogP contribution in [-0.2, 0) is 9.05 Å². The van der Waals surface area contributed by atoms with Gasteiger partial charge in [0.2, 0.25) is 0 Å². The number of aryl methyl sites for hydroxylation is 2. The zero-order valence-corrected chi connectivity index (χ0v) is 13.9. The fraction of sp³-hybridized carbons (Fsp3) is 0.500. The lowest BCUT2D eigenvalue weighted by Crippen LogP contribution is -2.29. The molecule has 0 unspecified atom stereocenters. The van der Waals surface area contributed by atoms with Crippen LogP contribution >= 0.6 is 10.7 Å². The summed E-state index contributed by atoms with van der Waals surface area (Å²) in [6, 6.07) is 1.67. The Balaban J connectivity index is 3.38. The number of nitrogens with one attached hydrogen (secondary N) is 1. The predicted octanol–water partition coefficient (Wildman–Crippen LogP) is 2.93. The highest BCUT2D eigenvalue weighted by Crippen LogP contribution is 2.28.